The number of fused-ring (bicyclic) bond motifs is 1. The molecule has 3 atom stereocenters. The van der Waals surface area contributed by atoms with Crippen molar-refractivity contribution in [2.45, 2.75) is 51.0 Å². The molecule has 2 aromatic carbocycles. The predicted octanol–water partition coefficient (Wildman–Crippen LogP) is 4.98. The highest BCUT2D eigenvalue weighted by Gasteiger charge is 2.37. The number of aliphatic hydroxyl groups is 1. The van der Waals surface area contributed by atoms with Crippen molar-refractivity contribution < 1.29 is 18.3 Å². The number of benzene rings is 2. The Morgan fingerprint density at radius 3 is 2.56 bits per heavy atom. The first kappa shape index (κ1) is 28.8. The zero-order valence-electron chi connectivity index (χ0n) is 23.5. The largest absolute Gasteiger partial charge is 0.416 e. The van der Waals surface area contributed by atoms with Gasteiger partial charge in [0.15, 0.2) is 0 Å². The van der Waals surface area contributed by atoms with E-state index in [1.165, 1.54) is 12.3 Å². The van der Waals surface area contributed by atoms with Crippen LogP contribution in [0.5, 0.6) is 0 Å². The molecule has 2 aliphatic heterocycles. The quantitative estimate of drug-likeness (QED) is 0.385. The topological polar surface area (TPSA) is 100 Å². The zero-order chi connectivity index (χ0) is 29.5. The van der Waals surface area contributed by atoms with Gasteiger partial charge in [0, 0.05) is 61.1 Å². The average molecular weight is 566 g/mol. The summed E-state index contributed by atoms with van der Waals surface area (Å²) in [6, 6.07) is 12.2. The van der Waals surface area contributed by atoms with Crippen LogP contribution in [-0.4, -0.2) is 70.2 Å². The Morgan fingerprint density at radius 1 is 1.17 bits per heavy atom. The third kappa shape index (κ3) is 5.73. The first-order chi connectivity index (χ1) is 19.4. The van der Waals surface area contributed by atoms with Crippen molar-refractivity contribution in [3.63, 3.8) is 0 Å². The second-order valence-corrected chi connectivity index (χ2v) is 11.4. The van der Waals surface area contributed by atoms with Gasteiger partial charge in [0.2, 0.25) is 5.95 Å². The number of aromatic nitrogens is 2. The number of alkyl halides is 3. The summed E-state index contributed by atoms with van der Waals surface area (Å²) in [5.41, 5.74) is 2.30. The van der Waals surface area contributed by atoms with E-state index >= 15 is 0 Å². The summed E-state index contributed by atoms with van der Waals surface area (Å²) < 4.78 is 42.5. The van der Waals surface area contributed by atoms with Crippen LogP contribution in [0.25, 0.3) is 11.3 Å². The lowest BCUT2D eigenvalue weighted by atomic mass is 9.83. The summed E-state index contributed by atoms with van der Waals surface area (Å²) >= 11 is 0. The second kappa shape index (κ2) is 10.9. The van der Waals surface area contributed by atoms with Crippen molar-refractivity contribution in [1.82, 2.24) is 19.8 Å². The number of halogens is 3. The summed E-state index contributed by atoms with van der Waals surface area (Å²) in [6.45, 7) is 8.09. The lowest BCUT2D eigenvalue weighted by Crippen LogP contribution is -2.54. The highest BCUT2D eigenvalue weighted by Crippen LogP contribution is 2.41. The number of nitrogens with zero attached hydrogens (tertiary/aromatic N) is 5. The van der Waals surface area contributed by atoms with Crippen molar-refractivity contribution in [2.75, 3.05) is 43.9 Å². The third-order valence-electron chi connectivity index (χ3n) is 8.37. The van der Waals surface area contributed by atoms with Gasteiger partial charge in [0.05, 0.1) is 29.1 Å². The fourth-order valence-corrected chi connectivity index (χ4v) is 5.71. The smallest absolute Gasteiger partial charge is 0.395 e. The lowest BCUT2D eigenvalue weighted by molar-refractivity contribution is -0.138. The Bertz CT molecular complexity index is 1480. The van der Waals surface area contributed by atoms with Crippen molar-refractivity contribution >= 4 is 17.3 Å². The fraction of sp³-hybridized carbons (Fsp3) is 0.433. The van der Waals surface area contributed by atoms with Gasteiger partial charge >= 0.3 is 6.18 Å². The molecule has 1 saturated heterocycles. The molecule has 11 heteroatoms. The van der Waals surface area contributed by atoms with Crippen LogP contribution in [0.2, 0.25) is 0 Å². The van der Waals surface area contributed by atoms with E-state index in [-0.39, 0.29) is 42.4 Å². The molecule has 0 bridgehead atoms. The van der Waals surface area contributed by atoms with Crippen molar-refractivity contribution in [2.24, 2.45) is 0 Å². The maximum atomic E-state index is 14.2. The van der Waals surface area contributed by atoms with Gasteiger partial charge in [0.1, 0.15) is 6.07 Å². The Hall–Kier alpha value is -3.72. The van der Waals surface area contributed by atoms with Crippen LogP contribution in [0.1, 0.15) is 43.0 Å². The highest BCUT2D eigenvalue weighted by molar-refractivity contribution is 5.76. The van der Waals surface area contributed by atoms with Crippen LogP contribution in [0.15, 0.2) is 42.6 Å². The van der Waals surface area contributed by atoms with E-state index in [2.05, 4.69) is 50.3 Å². The van der Waals surface area contributed by atoms with Crippen LogP contribution in [0.4, 0.5) is 30.5 Å². The molecular formula is C30H34F3N7O. The number of nitrogens with one attached hydrogen (secondary N) is 2. The van der Waals surface area contributed by atoms with Crippen LogP contribution in [0, 0.1) is 11.3 Å². The number of hydrogen-bond donors (Lipinski definition) is 3. The van der Waals surface area contributed by atoms with Crippen molar-refractivity contribution in [3.8, 4) is 17.3 Å². The monoisotopic (exact) mass is 565 g/mol. The number of aliphatic hydroxyl groups excluding tert-OH is 1. The minimum Gasteiger partial charge on any atom is -0.395 e. The molecule has 0 radical (unpaired) electrons. The minimum absolute atomic E-state index is 0.0949. The molecule has 0 amide bonds. The van der Waals surface area contributed by atoms with E-state index in [1.54, 1.807) is 18.2 Å². The fourth-order valence-electron chi connectivity index (χ4n) is 5.71. The van der Waals surface area contributed by atoms with Gasteiger partial charge in [-0.3, -0.25) is 9.80 Å². The maximum Gasteiger partial charge on any atom is 0.416 e. The second-order valence-electron chi connectivity index (χ2n) is 11.4. The molecule has 5 rings (SSSR count). The van der Waals surface area contributed by atoms with Crippen LogP contribution < -0.4 is 10.6 Å². The van der Waals surface area contributed by atoms with Gasteiger partial charge in [-0.15, -0.1) is 0 Å². The summed E-state index contributed by atoms with van der Waals surface area (Å²) in [7, 11) is 2.04. The normalized spacial score (nSPS) is 23.1. The zero-order valence-corrected chi connectivity index (χ0v) is 23.5. The predicted molar refractivity (Wildman–Crippen MR) is 152 cm³/mol. The molecule has 3 unspecified atom stereocenters. The van der Waals surface area contributed by atoms with Gasteiger partial charge in [-0.2, -0.15) is 18.4 Å². The summed E-state index contributed by atoms with van der Waals surface area (Å²) in [6.07, 6.45) is -3.01. The van der Waals surface area contributed by atoms with E-state index in [1.807, 2.05) is 20.0 Å². The minimum atomic E-state index is -4.52. The molecule has 1 aromatic heterocycles. The molecule has 1 fully saturated rings. The number of piperazine rings is 1. The average Bonchev–Trinajstić information content (AvgIpc) is 3.28. The lowest BCUT2D eigenvalue weighted by Gasteiger charge is -2.42. The molecule has 2 aliphatic rings. The highest BCUT2D eigenvalue weighted by atomic mass is 19.4. The van der Waals surface area contributed by atoms with Crippen molar-refractivity contribution in [1.29, 1.82) is 5.26 Å². The molecule has 3 N–H and O–H groups in total. The van der Waals surface area contributed by atoms with Crippen LogP contribution in [0.3, 0.4) is 0 Å². The van der Waals surface area contributed by atoms with Gasteiger partial charge < -0.3 is 15.7 Å². The Kier molecular flexibility index (Phi) is 7.68. The van der Waals surface area contributed by atoms with E-state index < -0.39 is 17.2 Å². The molecule has 3 aromatic rings. The molecule has 0 spiro atoms. The van der Waals surface area contributed by atoms with E-state index in [4.69, 9.17) is 0 Å². The van der Waals surface area contributed by atoms with Gasteiger partial charge in [0.25, 0.3) is 0 Å². The van der Waals surface area contributed by atoms with Crippen molar-refractivity contribution in [3.05, 3.63) is 64.8 Å². The summed E-state index contributed by atoms with van der Waals surface area (Å²) in [4.78, 5) is 13.1. The van der Waals surface area contributed by atoms with E-state index in [0.717, 1.165) is 11.6 Å². The molecule has 216 valence electrons. The van der Waals surface area contributed by atoms with Crippen LogP contribution in [-0.2, 0) is 18.1 Å². The standard InChI is InChI=1S/C30H34F3N7O/c1-18-13-40(14-19(2)39(18)4)15-20-5-6-23(11-24(20)30(31,32)33)37-28-35-8-7-26(38-28)21-9-22(12-34)27-25(10-21)29(3,17-41)16-36-27/h5-11,18-19,36,41H,13-17H2,1-4H3,(H,35,37,38). The first-order valence-corrected chi connectivity index (χ1v) is 13.6. The molecule has 8 nitrogen and oxygen atoms in total. The number of rotatable bonds is 6. The molecule has 0 aliphatic carbocycles. The number of anilines is 3. The number of hydrogen-bond acceptors (Lipinski definition) is 8. The maximum absolute atomic E-state index is 14.2. The third-order valence-corrected chi connectivity index (χ3v) is 8.37. The molecular weight excluding hydrogens is 531 g/mol. The van der Waals surface area contributed by atoms with Gasteiger partial charge in [-0.05, 0) is 62.4 Å². The van der Waals surface area contributed by atoms with Gasteiger partial charge in [-0.1, -0.05) is 13.0 Å². The number of nitriles is 1. The SMILES string of the molecule is CC1CN(Cc2ccc(Nc3nccc(-c4cc(C#N)c5c(c4)C(C)(CO)CN5)n3)cc2C(F)(F)F)CC(C)N1C. The Labute approximate surface area is 237 Å². The molecule has 3 heterocycles. The molecule has 0 saturated carbocycles. The van der Waals surface area contributed by atoms with Gasteiger partial charge in [-0.25, -0.2) is 9.97 Å². The Balaban J connectivity index is 1.42. The summed E-state index contributed by atoms with van der Waals surface area (Å²) in [5.74, 6) is 0.132. The number of likely N-dealkylation sites (N-methyl/N-ethyl adjacent to an activating group) is 1. The summed E-state index contributed by atoms with van der Waals surface area (Å²) in [5, 5.41) is 25.9. The van der Waals surface area contributed by atoms with Crippen LogP contribution >= 0.6 is 0 Å². The molecule has 41 heavy (non-hydrogen) atoms. The van der Waals surface area contributed by atoms with E-state index in [9.17, 15) is 23.5 Å². The van der Waals surface area contributed by atoms with E-state index in [0.29, 0.717) is 42.1 Å². The Morgan fingerprint density at radius 2 is 1.90 bits per heavy atom. The first-order valence-electron chi connectivity index (χ1n) is 13.6.